The molecular weight excluding hydrogens is 296 g/mol. The van der Waals surface area contributed by atoms with Gasteiger partial charge in [-0.2, -0.15) is 5.26 Å². The van der Waals surface area contributed by atoms with E-state index >= 15 is 0 Å². The average molecular weight is 308 g/mol. The van der Waals surface area contributed by atoms with Crippen LogP contribution in [0, 0.1) is 11.3 Å². The molecule has 6 heteroatoms. The Kier molecular flexibility index (Phi) is 5.21. The molecule has 0 amide bonds. The summed E-state index contributed by atoms with van der Waals surface area (Å²) in [5.41, 5.74) is 0.684. The molecule has 23 heavy (non-hydrogen) atoms. The number of ether oxygens (including phenoxy) is 2. The van der Waals surface area contributed by atoms with Gasteiger partial charge in [-0.05, 0) is 35.9 Å². The van der Waals surface area contributed by atoms with Crippen LogP contribution in [0.15, 0.2) is 54.2 Å². The van der Waals surface area contributed by atoms with E-state index in [1.54, 1.807) is 48.5 Å². The third-order valence-corrected chi connectivity index (χ3v) is 2.80. The predicted molar refractivity (Wildman–Crippen MR) is 81.2 cm³/mol. The summed E-state index contributed by atoms with van der Waals surface area (Å²) in [7, 11) is 1.20. The van der Waals surface area contributed by atoms with Crippen LogP contribution < -0.4 is 4.74 Å². The lowest BCUT2D eigenvalue weighted by molar-refractivity contribution is -0.135. The van der Waals surface area contributed by atoms with E-state index in [4.69, 9.17) is 10.00 Å². The van der Waals surface area contributed by atoms with Gasteiger partial charge in [0.05, 0.1) is 7.11 Å². The summed E-state index contributed by atoms with van der Waals surface area (Å²) in [5.74, 6) is -0.950. The molecule has 2 rings (SSSR count). The predicted octanol–water partition coefficient (Wildman–Crippen LogP) is 2.38. The Bertz CT molecular complexity index is 774. The van der Waals surface area contributed by atoms with Gasteiger partial charge in [-0.25, -0.2) is 14.6 Å². The topological polar surface area (TPSA) is 89.3 Å². The van der Waals surface area contributed by atoms with Gasteiger partial charge < -0.3 is 9.47 Å². The van der Waals surface area contributed by atoms with Gasteiger partial charge in [-0.15, -0.1) is 0 Å². The quantitative estimate of drug-likeness (QED) is 0.373. The van der Waals surface area contributed by atoms with Crippen molar-refractivity contribution in [3.05, 3.63) is 65.5 Å². The number of carbonyl (C=O) groups excluding carboxylic acids is 2. The third-order valence-electron chi connectivity index (χ3n) is 2.80. The average Bonchev–Trinajstić information content (AvgIpc) is 2.61. The Balaban J connectivity index is 2.11. The van der Waals surface area contributed by atoms with Crippen LogP contribution in [0.3, 0.4) is 0 Å². The first-order valence-electron chi connectivity index (χ1n) is 6.57. The maximum atomic E-state index is 11.9. The monoisotopic (exact) mass is 308 g/mol. The van der Waals surface area contributed by atoms with E-state index in [0.717, 1.165) is 0 Å². The Labute approximate surface area is 132 Å². The van der Waals surface area contributed by atoms with Crippen molar-refractivity contribution in [2.24, 2.45) is 0 Å². The molecule has 0 N–H and O–H groups in total. The molecule has 0 bridgehead atoms. The highest BCUT2D eigenvalue weighted by Gasteiger charge is 2.10. The molecule has 0 radical (unpaired) electrons. The van der Waals surface area contributed by atoms with Crippen molar-refractivity contribution in [1.82, 2.24) is 4.98 Å². The summed E-state index contributed by atoms with van der Waals surface area (Å²) in [6.45, 7) is 0. The fraction of sp³-hybridized carbons (Fsp3) is 0.0588. The maximum Gasteiger partial charge on any atom is 0.362 e. The third kappa shape index (κ3) is 4.25. The van der Waals surface area contributed by atoms with E-state index < -0.39 is 11.9 Å². The molecule has 1 heterocycles. The molecule has 1 aromatic heterocycles. The van der Waals surface area contributed by atoms with Crippen molar-refractivity contribution in [3.8, 4) is 11.8 Å². The highest BCUT2D eigenvalue weighted by atomic mass is 16.5. The van der Waals surface area contributed by atoms with Crippen molar-refractivity contribution < 1.29 is 19.1 Å². The summed E-state index contributed by atoms with van der Waals surface area (Å²) >= 11 is 0. The van der Waals surface area contributed by atoms with Crippen molar-refractivity contribution in [1.29, 1.82) is 5.26 Å². The van der Waals surface area contributed by atoms with Gasteiger partial charge in [0.25, 0.3) is 0 Å². The molecule has 0 saturated carbocycles. The van der Waals surface area contributed by atoms with E-state index in [1.807, 2.05) is 0 Å². The Morgan fingerprint density at radius 2 is 1.91 bits per heavy atom. The SMILES string of the molecule is COC(=O)/C(C#N)=C/c1ccc(OC(=O)c2ccccn2)cc1. The maximum absolute atomic E-state index is 11.9. The second-order valence-electron chi connectivity index (χ2n) is 4.33. The standard InChI is InChI=1S/C17H12N2O4/c1-22-16(20)13(11-18)10-12-5-7-14(8-6-12)23-17(21)15-4-2-3-9-19-15/h2-10H,1H3/b13-10+. The molecule has 0 aliphatic heterocycles. The van der Waals surface area contributed by atoms with E-state index in [2.05, 4.69) is 9.72 Å². The fourth-order valence-electron chi connectivity index (χ4n) is 1.69. The zero-order valence-corrected chi connectivity index (χ0v) is 12.2. The zero-order chi connectivity index (χ0) is 16.7. The summed E-state index contributed by atoms with van der Waals surface area (Å²) in [5, 5.41) is 8.89. The number of aromatic nitrogens is 1. The highest BCUT2D eigenvalue weighted by molar-refractivity contribution is 5.97. The van der Waals surface area contributed by atoms with Crippen molar-refractivity contribution in [3.63, 3.8) is 0 Å². The van der Waals surface area contributed by atoms with Gasteiger partial charge in [0, 0.05) is 6.20 Å². The zero-order valence-electron chi connectivity index (χ0n) is 12.2. The van der Waals surface area contributed by atoms with Gasteiger partial charge in [0.15, 0.2) is 0 Å². The molecule has 2 aromatic rings. The number of nitriles is 1. The first kappa shape index (κ1) is 15.9. The summed E-state index contributed by atoms with van der Waals surface area (Å²) < 4.78 is 9.67. The van der Waals surface area contributed by atoms with E-state index in [9.17, 15) is 9.59 Å². The van der Waals surface area contributed by atoms with E-state index in [-0.39, 0.29) is 11.3 Å². The molecule has 0 saturated heterocycles. The number of carbonyl (C=O) groups is 2. The number of esters is 2. The molecule has 0 atom stereocenters. The Morgan fingerprint density at radius 3 is 2.48 bits per heavy atom. The van der Waals surface area contributed by atoms with Crippen LogP contribution in [-0.2, 0) is 9.53 Å². The number of pyridine rings is 1. The van der Waals surface area contributed by atoms with Crippen LogP contribution in [0.25, 0.3) is 6.08 Å². The normalized spacial score (nSPS) is 10.5. The van der Waals surface area contributed by atoms with E-state index in [0.29, 0.717) is 11.3 Å². The van der Waals surface area contributed by atoms with Crippen LogP contribution in [-0.4, -0.2) is 24.0 Å². The summed E-state index contributed by atoms with van der Waals surface area (Å²) in [6, 6.07) is 13.0. The minimum absolute atomic E-state index is 0.120. The second-order valence-corrected chi connectivity index (χ2v) is 4.33. The Morgan fingerprint density at radius 1 is 1.17 bits per heavy atom. The number of hydrogen-bond acceptors (Lipinski definition) is 6. The van der Waals surface area contributed by atoms with Crippen LogP contribution in [0.1, 0.15) is 16.1 Å². The van der Waals surface area contributed by atoms with Crippen LogP contribution >= 0.6 is 0 Å². The van der Waals surface area contributed by atoms with Crippen molar-refractivity contribution in [2.45, 2.75) is 0 Å². The first-order valence-corrected chi connectivity index (χ1v) is 6.57. The van der Waals surface area contributed by atoms with Crippen LogP contribution in [0.2, 0.25) is 0 Å². The number of methoxy groups -OCH3 is 1. The molecule has 0 spiro atoms. The molecular formula is C17H12N2O4. The molecule has 114 valence electrons. The van der Waals surface area contributed by atoms with Crippen molar-refractivity contribution in [2.75, 3.05) is 7.11 Å². The Hall–Kier alpha value is -3.46. The van der Waals surface area contributed by atoms with Gasteiger partial charge in [0.2, 0.25) is 0 Å². The largest absolute Gasteiger partial charge is 0.465 e. The smallest absolute Gasteiger partial charge is 0.362 e. The van der Waals surface area contributed by atoms with Gasteiger partial charge in [0.1, 0.15) is 23.1 Å². The highest BCUT2D eigenvalue weighted by Crippen LogP contribution is 2.16. The second kappa shape index (κ2) is 7.52. The molecule has 0 aliphatic carbocycles. The molecule has 0 unspecified atom stereocenters. The van der Waals surface area contributed by atoms with Gasteiger partial charge in [-0.3, -0.25) is 0 Å². The van der Waals surface area contributed by atoms with Gasteiger partial charge in [-0.1, -0.05) is 18.2 Å². The lowest BCUT2D eigenvalue weighted by Crippen LogP contribution is -2.10. The van der Waals surface area contributed by atoms with E-state index in [1.165, 1.54) is 19.4 Å². The molecule has 0 fully saturated rings. The summed E-state index contributed by atoms with van der Waals surface area (Å²) in [4.78, 5) is 27.1. The van der Waals surface area contributed by atoms with Crippen LogP contribution in [0.4, 0.5) is 0 Å². The van der Waals surface area contributed by atoms with Gasteiger partial charge >= 0.3 is 11.9 Å². The minimum Gasteiger partial charge on any atom is -0.465 e. The fourth-order valence-corrected chi connectivity index (χ4v) is 1.69. The lowest BCUT2D eigenvalue weighted by Gasteiger charge is -2.04. The lowest BCUT2D eigenvalue weighted by atomic mass is 10.1. The molecule has 0 aliphatic rings. The number of hydrogen-bond donors (Lipinski definition) is 0. The number of benzene rings is 1. The number of nitrogens with zero attached hydrogens (tertiary/aromatic N) is 2. The van der Waals surface area contributed by atoms with Crippen molar-refractivity contribution >= 4 is 18.0 Å². The summed E-state index contributed by atoms with van der Waals surface area (Å²) in [6.07, 6.45) is 2.89. The van der Waals surface area contributed by atoms with Crippen LogP contribution in [0.5, 0.6) is 5.75 Å². The molecule has 1 aromatic carbocycles. The number of rotatable bonds is 4. The first-order chi connectivity index (χ1) is 11.1. The minimum atomic E-state index is -0.710. The molecule has 6 nitrogen and oxygen atoms in total.